The SMILES string of the molecule is CC1CNCCN1C(=O)CCc1cnn(-c2ccccc2)c1.Cl. The van der Waals surface area contributed by atoms with E-state index in [2.05, 4.69) is 17.3 Å². The molecule has 1 aromatic carbocycles. The Bertz CT molecular complexity index is 629. The number of hydrogen-bond acceptors (Lipinski definition) is 3. The average Bonchev–Trinajstić information content (AvgIpc) is 3.03. The maximum Gasteiger partial charge on any atom is 0.223 e. The summed E-state index contributed by atoms with van der Waals surface area (Å²) >= 11 is 0. The lowest BCUT2D eigenvalue weighted by atomic mass is 10.1. The third-order valence-electron chi connectivity index (χ3n) is 4.11. The van der Waals surface area contributed by atoms with E-state index in [1.807, 2.05) is 52.3 Å². The lowest BCUT2D eigenvalue weighted by molar-refractivity contribution is -0.133. The van der Waals surface area contributed by atoms with Crippen molar-refractivity contribution in [2.75, 3.05) is 19.6 Å². The molecular weight excluding hydrogens is 312 g/mol. The van der Waals surface area contributed by atoms with Crippen LogP contribution in [0.5, 0.6) is 0 Å². The van der Waals surface area contributed by atoms with Crippen molar-refractivity contribution in [1.82, 2.24) is 20.0 Å². The number of aryl methyl sites for hydroxylation is 1. The number of rotatable bonds is 4. The van der Waals surface area contributed by atoms with Gasteiger partial charge in [-0.15, -0.1) is 12.4 Å². The van der Waals surface area contributed by atoms with Gasteiger partial charge < -0.3 is 10.2 Å². The number of para-hydroxylation sites is 1. The van der Waals surface area contributed by atoms with Crippen molar-refractivity contribution in [3.8, 4) is 5.69 Å². The van der Waals surface area contributed by atoms with Crippen LogP contribution < -0.4 is 5.32 Å². The second-order valence-electron chi connectivity index (χ2n) is 5.77. The molecule has 3 rings (SSSR count). The minimum atomic E-state index is 0. The summed E-state index contributed by atoms with van der Waals surface area (Å²) in [7, 11) is 0. The number of piperazine rings is 1. The number of carbonyl (C=O) groups is 1. The number of carbonyl (C=O) groups excluding carboxylic acids is 1. The van der Waals surface area contributed by atoms with E-state index in [-0.39, 0.29) is 24.4 Å². The Morgan fingerprint density at radius 2 is 2.13 bits per heavy atom. The molecule has 1 atom stereocenters. The fourth-order valence-electron chi connectivity index (χ4n) is 2.82. The summed E-state index contributed by atoms with van der Waals surface area (Å²) in [6.45, 7) is 4.68. The van der Waals surface area contributed by atoms with Crippen molar-refractivity contribution in [3.05, 3.63) is 48.3 Å². The first kappa shape index (κ1) is 17.5. The van der Waals surface area contributed by atoms with Crippen LogP contribution in [-0.4, -0.2) is 46.3 Å². The first-order chi connectivity index (χ1) is 10.7. The van der Waals surface area contributed by atoms with E-state index in [1.54, 1.807) is 0 Å². The zero-order chi connectivity index (χ0) is 15.4. The third-order valence-corrected chi connectivity index (χ3v) is 4.11. The van der Waals surface area contributed by atoms with Crippen LogP contribution >= 0.6 is 12.4 Å². The summed E-state index contributed by atoms with van der Waals surface area (Å²) in [6, 6.07) is 10.3. The van der Waals surface area contributed by atoms with Crippen molar-refractivity contribution in [3.63, 3.8) is 0 Å². The fourth-order valence-corrected chi connectivity index (χ4v) is 2.82. The number of benzene rings is 1. The largest absolute Gasteiger partial charge is 0.337 e. The van der Waals surface area contributed by atoms with Gasteiger partial charge >= 0.3 is 0 Å². The van der Waals surface area contributed by atoms with Crippen LogP contribution in [0, 0.1) is 0 Å². The molecule has 6 heteroatoms. The molecule has 23 heavy (non-hydrogen) atoms. The Morgan fingerprint density at radius 3 is 2.87 bits per heavy atom. The summed E-state index contributed by atoms with van der Waals surface area (Å²) in [5.74, 6) is 0.237. The van der Waals surface area contributed by atoms with E-state index in [4.69, 9.17) is 0 Å². The van der Waals surface area contributed by atoms with Crippen molar-refractivity contribution in [1.29, 1.82) is 0 Å². The molecule has 1 aliphatic heterocycles. The molecule has 5 nitrogen and oxygen atoms in total. The number of amides is 1. The van der Waals surface area contributed by atoms with Crippen molar-refractivity contribution in [2.45, 2.75) is 25.8 Å². The molecule has 0 bridgehead atoms. The van der Waals surface area contributed by atoms with Gasteiger partial charge in [0.2, 0.25) is 5.91 Å². The molecular formula is C17H23ClN4O. The topological polar surface area (TPSA) is 50.2 Å². The van der Waals surface area contributed by atoms with Crippen LogP contribution in [0.2, 0.25) is 0 Å². The predicted molar refractivity (Wildman–Crippen MR) is 93.2 cm³/mol. The van der Waals surface area contributed by atoms with Gasteiger partial charge in [-0.3, -0.25) is 4.79 Å². The number of nitrogens with one attached hydrogen (secondary N) is 1. The highest BCUT2D eigenvalue weighted by molar-refractivity contribution is 5.85. The van der Waals surface area contributed by atoms with Gasteiger partial charge in [0.15, 0.2) is 0 Å². The molecule has 0 spiro atoms. The molecule has 1 N–H and O–H groups in total. The normalized spacial score (nSPS) is 17.6. The number of hydrogen-bond donors (Lipinski definition) is 1. The third kappa shape index (κ3) is 4.33. The van der Waals surface area contributed by atoms with E-state index >= 15 is 0 Å². The maximum absolute atomic E-state index is 12.3. The Labute approximate surface area is 143 Å². The second kappa shape index (κ2) is 8.13. The molecule has 2 aromatic rings. The molecule has 1 aromatic heterocycles. The zero-order valence-corrected chi connectivity index (χ0v) is 14.1. The highest BCUT2D eigenvalue weighted by Crippen LogP contribution is 2.11. The summed E-state index contributed by atoms with van der Waals surface area (Å²) in [6.07, 6.45) is 5.14. The first-order valence-electron chi connectivity index (χ1n) is 7.83. The Kier molecular flexibility index (Phi) is 6.19. The molecule has 0 aliphatic carbocycles. The van der Waals surface area contributed by atoms with E-state index < -0.39 is 0 Å². The van der Waals surface area contributed by atoms with Gasteiger partial charge in [-0.1, -0.05) is 18.2 Å². The quantitative estimate of drug-likeness (QED) is 0.931. The van der Waals surface area contributed by atoms with E-state index in [0.717, 1.165) is 37.3 Å². The Balaban J connectivity index is 0.00000192. The number of halogens is 1. The first-order valence-corrected chi connectivity index (χ1v) is 7.83. The van der Waals surface area contributed by atoms with Gasteiger partial charge in [0.1, 0.15) is 0 Å². The zero-order valence-electron chi connectivity index (χ0n) is 13.3. The van der Waals surface area contributed by atoms with Gasteiger partial charge in [0.25, 0.3) is 0 Å². The predicted octanol–water partition coefficient (Wildman–Crippen LogP) is 2.05. The van der Waals surface area contributed by atoms with Gasteiger partial charge in [0, 0.05) is 38.3 Å². The lowest BCUT2D eigenvalue weighted by Gasteiger charge is -2.34. The minimum Gasteiger partial charge on any atom is -0.337 e. The van der Waals surface area contributed by atoms with Gasteiger partial charge in [0.05, 0.1) is 11.9 Å². The van der Waals surface area contributed by atoms with E-state index in [1.165, 1.54) is 0 Å². The van der Waals surface area contributed by atoms with E-state index in [0.29, 0.717) is 6.42 Å². The smallest absolute Gasteiger partial charge is 0.223 e. The molecule has 1 fully saturated rings. The van der Waals surface area contributed by atoms with Crippen LogP contribution in [0.15, 0.2) is 42.7 Å². The fraction of sp³-hybridized carbons (Fsp3) is 0.412. The van der Waals surface area contributed by atoms with Crippen molar-refractivity contribution >= 4 is 18.3 Å². The van der Waals surface area contributed by atoms with Crippen LogP contribution in [-0.2, 0) is 11.2 Å². The average molecular weight is 335 g/mol. The second-order valence-corrected chi connectivity index (χ2v) is 5.77. The molecule has 1 unspecified atom stereocenters. The molecule has 0 radical (unpaired) electrons. The highest BCUT2D eigenvalue weighted by Gasteiger charge is 2.22. The molecule has 1 amide bonds. The Hall–Kier alpha value is -1.85. The highest BCUT2D eigenvalue weighted by atomic mass is 35.5. The van der Waals surface area contributed by atoms with Crippen LogP contribution in [0.1, 0.15) is 18.9 Å². The minimum absolute atomic E-state index is 0. The molecule has 1 saturated heterocycles. The lowest BCUT2D eigenvalue weighted by Crippen LogP contribution is -2.52. The monoisotopic (exact) mass is 334 g/mol. The molecule has 1 aliphatic rings. The molecule has 2 heterocycles. The Morgan fingerprint density at radius 1 is 1.35 bits per heavy atom. The summed E-state index contributed by atoms with van der Waals surface area (Å²) in [5, 5.41) is 7.68. The van der Waals surface area contributed by atoms with Crippen molar-refractivity contribution < 1.29 is 4.79 Å². The van der Waals surface area contributed by atoms with Gasteiger partial charge in [-0.25, -0.2) is 4.68 Å². The van der Waals surface area contributed by atoms with Crippen LogP contribution in [0.3, 0.4) is 0 Å². The van der Waals surface area contributed by atoms with Gasteiger partial charge in [-0.2, -0.15) is 5.10 Å². The van der Waals surface area contributed by atoms with Crippen LogP contribution in [0.25, 0.3) is 5.69 Å². The van der Waals surface area contributed by atoms with E-state index in [9.17, 15) is 4.79 Å². The number of nitrogens with zero attached hydrogens (tertiary/aromatic N) is 3. The summed E-state index contributed by atoms with van der Waals surface area (Å²) < 4.78 is 1.85. The number of aromatic nitrogens is 2. The van der Waals surface area contributed by atoms with Gasteiger partial charge in [-0.05, 0) is 31.0 Å². The molecule has 124 valence electrons. The van der Waals surface area contributed by atoms with Crippen LogP contribution in [0.4, 0.5) is 0 Å². The molecule has 0 saturated carbocycles. The standard InChI is InChI=1S/C17H22N4O.ClH/c1-14-11-18-9-10-20(14)17(22)8-7-15-12-19-21(13-15)16-5-3-2-4-6-16;/h2-6,12-14,18H,7-11H2,1H3;1H. The summed E-state index contributed by atoms with van der Waals surface area (Å²) in [4.78, 5) is 14.3. The van der Waals surface area contributed by atoms with Crippen molar-refractivity contribution in [2.24, 2.45) is 0 Å². The summed E-state index contributed by atoms with van der Waals surface area (Å²) in [5.41, 5.74) is 2.13. The maximum atomic E-state index is 12.3.